The van der Waals surface area contributed by atoms with Crippen LogP contribution in [0.3, 0.4) is 0 Å². The van der Waals surface area contributed by atoms with Gasteiger partial charge in [-0.3, -0.25) is 0 Å². The van der Waals surface area contributed by atoms with Crippen molar-refractivity contribution < 1.29 is 9.90 Å². The van der Waals surface area contributed by atoms with Gasteiger partial charge in [0.05, 0.1) is 5.56 Å². The van der Waals surface area contributed by atoms with Crippen LogP contribution >= 0.6 is 0 Å². The molecule has 2 nitrogen and oxygen atoms in total. The van der Waals surface area contributed by atoms with Crippen molar-refractivity contribution in [3.63, 3.8) is 0 Å². The van der Waals surface area contributed by atoms with Gasteiger partial charge in [-0.25, -0.2) is 4.79 Å². The molecule has 0 atom stereocenters. The number of hydrogen-bond acceptors (Lipinski definition) is 1. The monoisotopic (exact) mass is 372 g/mol. The molecule has 3 rings (SSSR count). The lowest BCUT2D eigenvalue weighted by atomic mass is 9.85. The number of aromatic carboxylic acids is 1. The number of carboxylic acid groups (broad SMARTS) is 1. The van der Waals surface area contributed by atoms with Crippen LogP contribution in [-0.4, -0.2) is 11.1 Å². The van der Waals surface area contributed by atoms with E-state index < -0.39 is 5.97 Å². The van der Waals surface area contributed by atoms with Gasteiger partial charge in [0.15, 0.2) is 0 Å². The van der Waals surface area contributed by atoms with Crippen LogP contribution in [0.5, 0.6) is 0 Å². The predicted molar refractivity (Wildman–Crippen MR) is 118 cm³/mol. The molecule has 2 heteroatoms. The minimum absolute atomic E-state index is 0.206. The Bertz CT molecular complexity index is 941. The van der Waals surface area contributed by atoms with E-state index in [-0.39, 0.29) is 5.41 Å². The Morgan fingerprint density at radius 1 is 1.04 bits per heavy atom. The topological polar surface area (TPSA) is 37.3 Å². The summed E-state index contributed by atoms with van der Waals surface area (Å²) in [5, 5.41) is 9.00. The molecule has 0 bridgehead atoms. The fraction of sp³-hybridized carbons (Fsp3) is 0.269. The zero-order valence-corrected chi connectivity index (χ0v) is 16.9. The van der Waals surface area contributed by atoms with Crippen molar-refractivity contribution in [1.82, 2.24) is 0 Å². The predicted octanol–water partition coefficient (Wildman–Crippen LogP) is 6.88. The molecular weight excluding hydrogens is 344 g/mol. The Labute approximate surface area is 167 Å². The third-order valence-electron chi connectivity index (χ3n) is 5.47. The van der Waals surface area contributed by atoms with E-state index in [2.05, 4.69) is 63.3 Å². The molecule has 144 valence electrons. The number of carboxylic acids is 1. The van der Waals surface area contributed by atoms with Crippen LogP contribution in [0.2, 0.25) is 0 Å². The van der Waals surface area contributed by atoms with E-state index in [0.29, 0.717) is 5.56 Å². The fourth-order valence-electron chi connectivity index (χ4n) is 3.20. The third-order valence-corrected chi connectivity index (χ3v) is 5.47. The first-order valence-corrected chi connectivity index (χ1v) is 9.92. The van der Waals surface area contributed by atoms with Gasteiger partial charge in [-0.1, -0.05) is 75.4 Å². The summed E-state index contributed by atoms with van der Waals surface area (Å²) in [4.78, 5) is 11.0. The molecule has 0 unspecified atom stereocenters. The average molecular weight is 373 g/mol. The van der Waals surface area contributed by atoms with E-state index in [0.717, 1.165) is 30.4 Å². The number of carbonyl (C=O) groups is 1. The molecule has 1 aliphatic carbocycles. The minimum atomic E-state index is -0.899. The summed E-state index contributed by atoms with van der Waals surface area (Å²) in [5.74, 6) is -0.899. The van der Waals surface area contributed by atoms with Crippen molar-refractivity contribution in [2.24, 2.45) is 5.41 Å². The van der Waals surface area contributed by atoms with E-state index in [4.69, 9.17) is 5.11 Å². The lowest BCUT2D eigenvalue weighted by Gasteiger charge is -2.20. The first kappa shape index (κ1) is 19.9. The van der Waals surface area contributed by atoms with Crippen molar-refractivity contribution in [2.75, 3.05) is 0 Å². The summed E-state index contributed by atoms with van der Waals surface area (Å²) in [7, 11) is 0. The molecule has 1 N–H and O–H groups in total. The van der Waals surface area contributed by atoms with Gasteiger partial charge in [-0.2, -0.15) is 0 Å². The summed E-state index contributed by atoms with van der Waals surface area (Å²) in [6, 6.07) is 13.6. The van der Waals surface area contributed by atoms with Crippen molar-refractivity contribution in [2.45, 2.75) is 40.0 Å². The first-order chi connectivity index (χ1) is 13.4. The normalized spacial score (nSPS) is 14.3. The van der Waals surface area contributed by atoms with Gasteiger partial charge in [0, 0.05) is 0 Å². The highest BCUT2D eigenvalue weighted by atomic mass is 16.4. The van der Waals surface area contributed by atoms with Crippen LogP contribution in [0.4, 0.5) is 0 Å². The Kier molecular flexibility index (Phi) is 5.99. The standard InChI is InChI=1S/C26H28O2/c1-4-26(2,3)17-16-22-7-5-6-21-13-12-20(18-24(21)22)9-8-19-10-14-23(15-11-19)25(27)28/h7-18H,4-6H2,1-3H3,(H,27,28)/b9-8+,17-16-. The second-order valence-electron chi connectivity index (χ2n) is 8.05. The molecule has 28 heavy (non-hydrogen) atoms. The Morgan fingerprint density at radius 3 is 2.39 bits per heavy atom. The number of allylic oxidation sites excluding steroid dienone is 4. The van der Waals surface area contributed by atoms with Crippen molar-refractivity contribution in [1.29, 1.82) is 0 Å². The third kappa shape index (κ3) is 4.89. The summed E-state index contributed by atoms with van der Waals surface area (Å²) in [6.07, 6.45) is 14.3. The summed E-state index contributed by atoms with van der Waals surface area (Å²) in [6.45, 7) is 6.75. The second-order valence-corrected chi connectivity index (χ2v) is 8.05. The molecule has 0 saturated heterocycles. The second kappa shape index (κ2) is 8.43. The molecular formula is C26H28O2. The highest BCUT2D eigenvalue weighted by Crippen LogP contribution is 2.31. The molecule has 0 amide bonds. The Balaban J connectivity index is 1.83. The number of benzene rings is 2. The van der Waals surface area contributed by atoms with Gasteiger partial charge in [0.1, 0.15) is 0 Å². The van der Waals surface area contributed by atoms with Gasteiger partial charge in [-0.05, 0) is 70.7 Å². The maximum atomic E-state index is 11.0. The molecule has 0 saturated carbocycles. The highest BCUT2D eigenvalue weighted by Gasteiger charge is 2.14. The number of fused-ring (bicyclic) bond motifs is 1. The van der Waals surface area contributed by atoms with E-state index in [1.807, 2.05) is 18.2 Å². The minimum Gasteiger partial charge on any atom is -0.478 e. The zero-order chi connectivity index (χ0) is 20.1. The van der Waals surface area contributed by atoms with Gasteiger partial charge < -0.3 is 5.11 Å². The van der Waals surface area contributed by atoms with Gasteiger partial charge in [0.25, 0.3) is 0 Å². The van der Waals surface area contributed by atoms with Gasteiger partial charge in [0.2, 0.25) is 0 Å². The zero-order valence-electron chi connectivity index (χ0n) is 16.9. The number of hydrogen-bond donors (Lipinski definition) is 1. The molecule has 0 heterocycles. The van der Waals surface area contributed by atoms with Crippen LogP contribution in [-0.2, 0) is 6.42 Å². The summed E-state index contributed by atoms with van der Waals surface area (Å²) in [5.41, 5.74) is 6.68. The van der Waals surface area contributed by atoms with Gasteiger partial charge in [-0.15, -0.1) is 0 Å². The van der Waals surface area contributed by atoms with E-state index in [9.17, 15) is 4.79 Å². The smallest absolute Gasteiger partial charge is 0.335 e. The lowest BCUT2D eigenvalue weighted by Crippen LogP contribution is -2.05. The maximum absolute atomic E-state index is 11.0. The molecule has 2 aromatic rings. The summed E-state index contributed by atoms with van der Waals surface area (Å²) >= 11 is 0. The summed E-state index contributed by atoms with van der Waals surface area (Å²) < 4.78 is 0. The Hall–Kier alpha value is -2.87. The lowest BCUT2D eigenvalue weighted by molar-refractivity contribution is 0.0697. The van der Waals surface area contributed by atoms with Crippen LogP contribution in [0.15, 0.2) is 60.7 Å². The molecule has 1 aliphatic rings. The van der Waals surface area contributed by atoms with E-state index >= 15 is 0 Å². The molecule has 0 aromatic heterocycles. The van der Waals surface area contributed by atoms with Crippen LogP contribution < -0.4 is 0 Å². The van der Waals surface area contributed by atoms with Gasteiger partial charge >= 0.3 is 5.97 Å². The Morgan fingerprint density at radius 2 is 1.71 bits per heavy atom. The molecule has 0 aliphatic heterocycles. The van der Waals surface area contributed by atoms with Crippen LogP contribution in [0.25, 0.3) is 17.7 Å². The molecule has 2 aromatic carbocycles. The van der Waals surface area contributed by atoms with Crippen molar-refractivity contribution in [3.05, 3.63) is 88.5 Å². The largest absolute Gasteiger partial charge is 0.478 e. The molecule has 0 spiro atoms. The quantitative estimate of drug-likeness (QED) is 0.561. The average Bonchev–Trinajstić information content (AvgIpc) is 2.71. The number of rotatable bonds is 6. The highest BCUT2D eigenvalue weighted by molar-refractivity contribution is 5.88. The number of aryl methyl sites for hydroxylation is 1. The van der Waals surface area contributed by atoms with E-state index in [1.165, 1.54) is 16.7 Å². The SMILES string of the molecule is CCC(C)(C)/C=C\C1=CCCc2ccc(/C=C/c3ccc(C(=O)O)cc3)cc21. The van der Waals surface area contributed by atoms with Crippen LogP contribution in [0, 0.1) is 5.41 Å². The van der Waals surface area contributed by atoms with Crippen LogP contribution in [0.1, 0.15) is 66.2 Å². The van der Waals surface area contributed by atoms with Crippen molar-refractivity contribution >= 4 is 23.7 Å². The molecule has 0 radical (unpaired) electrons. The molecule has 0 fully saturated rings. The van der Waals surface area contributed by atoms with E-state index in [1.54, 1.807) is 12.1 Å². The van der Waals surface area contributed by atoms with Crippen molar-refractivity contribution in [3.8, 4) is 0 Å². The maximum Gasteiger partial charge on any atom is 0.335 e. The fourth-order valence-corrected chi connectivity index (χ4v) is 3.20. The first-order valence-electron chi connectivity index (χ1n) is 9.92.